The minimum Gasteiger partial charge on any atom is -0.353 e. The molecule has 8 heteroatoms. The lowest BCUT2D eigenvalue weighted by molar-refractivity contribution is -0.132. The van der Waals surface area contributed by atoms with Gasteiger partial charge in [0.2, 0.25) is 5.91 Å². The molecule has 0 N–H and O–H groups in total. The standard InChI is InChI=1S/C22H21N5O2S/c1-15-21-20(16-6-2-3-7-17(16)30-21)22(29)27(24-15)14-19(28)26-12-10-25(11-13-26)18-8-4-5-9-23-18/h2-9H,10-14H2,1H3. The molecule has 0 aliphatic carbocycles. The first-order valence-electron chi connectivity index (χ1n) is 9.94. The van der Waals surface area contributed by atoms with Crippen molar-refractivity contribution in [2.75, 3.05) is 31.1 Å². The molecule has 1 fully saturated rings. The van der Waals surface area contributed by atoms with E-state index in [1.165, 1.54) is 4.68 Å². The third-order valence-electron chi connectivity index (χ3n) is 5.53. The highest BCUT2D eigenvalue weighted by Gasteiger charge is 2.23. The van der Waals surface area contributed by atoms with Crippen LogP contribution in [-0.4, -0.2) is 51.8 Å². The largest absolute Gasteiger partial charge is 0.353 e. The number of carbonyl (C=O) groups is 1. The molecule has 1 aromatic carbocycles. The molecule has 1 aliphatic heterocycles. The van der Waals surface area contributed by atoms with Crippen LogP contribution in [-0.2, 0) is 11.3 Å². The van der Waals surface area contributed by atoms with Gasteiger partial charge in [0.05, 0.1) is 15.8 Å². The van der Waals surface area contributed by atoms with Gasteiger partial charge in [0.15, 0.2) is 0 Å². The number of aryl methyl sites for hydroxylation is 1. The fourth-order valence-electron chi connectivity index (χ4n) is 3.97. The Labute approximate surface area is 177 Å². The Hall–Kier alpha value is -3.26. The van der Waals surface area contributed by atoms with Crippen molar-refractivity contribution in [1.82, 2.24) is 19.7 Å². The second-order valence-corrected chi connectivity index (χ2v) is 8.46. The maximum Gasteiger partial charge on any atom is 0.276 e. The lowest BCUT2D eigenvalue weighted by Gasteiger charge is -2.35. The summed E-state index contributed by atoms with van der Waals surface area (Å²) in [6.07, 6.45) is 1.78. The smallest absolute Gasteiger partial charge is 0.276 e. The molecule has 1 aliphatic rings. The minimum absolute atomic E-state index is 0.0383. The van der Waals surface area contributed by atoms with Crippen LogP contribution in [0.15, 0.2) is 53.5 Å². The van der Waals surface area contributed by atoms with Gasteiger partial charge in [-0.05, 0) is 25.1 Å². The van der Waals surface area contributed by atoms with Crippen molar-refractivity contribution in [1.29, 1.82) is 0 Å². The third-order valence-corrected chi connectivity index (χ3v) is 6.81. The van der Waals surface area contributed by atoms with Gasteiger partial charge in [0, 0.05) is 42.5 Å². The topological polar surface area (TPSA) is 71.3 Å². The Morgan fingerprint density at radius 3 is 2.60 bits per heavy atom. The van der Waals surface area contributed by atoms with Crippen molar-refractivity contribution in [3.63, 3.8) is 0 Å². The van der Waals surface area contributed by atoms with E-state index >= 15 is 0 Å². The van der Waals surface area contributed by atoms with Crippen molar-refractivity contribution in [2.45, 2.75) is 13.5 Å². The molecule has 5 rings (SSSR count). The number of hydrogen-bond donors (Lipinski definition) is 0. The van der Waals surface area contributed by atoms with E-state index < -0.39 is 0 Å². The van der Waals surface area contributed by atoms with E-state index in [2.05, 4.69) is 15.0 Å². The summed E-state index contributed by atoms with van der Waals surface area (Å²) in [7, 11) is 0. The molecule has 0 atom stereocenters. The summed E-state index contributed by atoms with van der Waals surface area (Å²) in [5.74, 6) is 0.844. The van der Waals surface area contributed by atoms with Gasteiger partial charge in [0.1, 0.15) is 12.4 Å². The molecule has 30 heavy (non-hydrogen) atoms. The van der Waals surface area contributed by atoms with Crippen LogP contribution in [0.5, 0.6) is 0 Å². The van der Waals surface area contributed by atoms with Gasteiger partial charge >= 0.3 is 0 Å². The second-order valence-electron chi connectivity index (χ2n) is 7.41. The summed E-state index contributed by atoms with van der Waals surface area (Å²) < 4.78 is 3.28. The van der Waals surface area contributed by atoms with Crippen LogP contribution in [0, 0.1) is 6.92 Å². The normalized spacial score (nSPS) is 14.6. The van der Waals surface area contributed by atoms with Gasteiger partial charge in [-0.1, -0.05) is 24.3 Å². The van der Waals surface area contributed by atoms with E-state index in [1.807, 2.05) is 49.4 Å². The predicted molar refractivity (Wildman–Crippen MR) is 119 cm³/mol. The van der Waals surface area contributed by atoms with Crippen molar-refractivity contribution >= 4 is 43.2 Å². The summed E-state index contributed by atoms with van der Waals surface area (Å²) in [4.78, 5) is 34.4. The molecule has 0 unspecified atom stereocenters. The van der Waals surface area contributed by atoms with Gasteiger partial charge in [-0.2, -0.15) is 5.10 Å². The number of fused-ring (bicyclic) bond motifs is 3. The molecule has 3 aromatic heterocycles. The molecule has 0 bridgehead atoms. The quantitative estimate of drug-likeness (QED) is 0.511. The number of rotatable bonds is 3. The van der Waals surface area contributed by atoms with Gasteiger partial charge in [0.25, 0.3) is 5.56 Å². The number of carbonyl (C=O) groups excluding carboxylic acids is 1. The first-order chi connectivity index (χ1) is 14.6. The number of anilines is 1. The Bertz CT molecular complexity index is 1290. The maximum absolute atomic E-state index is 13.1. The molecule has 7 nitrogen and oxygen atoms in total. The first-order valence-corrected chi connectivity index (χ1v) is 10.8. The molecular weight excluding hydrogens is 398 g/mol. The van der Waals surface area contributed by atoms with Gasteiger partial charge in [-0.3, -0.25) is 9.59 Å². The monoisotopic (exact) mass is 419 g/mol. The molecule has 0 saturated carbocycles. The average molecular weight is 420 g/mol. The number of hydrogen-bond acceptors (Lipinski definition) is 6. The first kappa shape index (κ1) is 18.7. The number of amides is 1. The molecule has 1 amide bonds. The van der Waals surface area contributed by atoms with Crippen LogP contribution in [0.25, 0.3) is 20.2 Å². The number of thiophene rings is 1. The molecule has 0 spiro atoms. The van der Waals surface area contributed by atoms with E-state index in [4.69, 9.17) is 0 Å². The van der Waals surface area contributed by atoms with Gasteiger partial charge in [-0.15, -0.1) is 11.3 Å². The number of benzene rings is 1. The molecule has 152 valence electrons. The minimum atomic E-state index is -0.200. The zero-order valence-corrected chi connectivity index (χ0v) is 17.4. The summed E-state index contributed by atoms with van der Waals surface area (Å²) >= 11 is 1.57. The van der Waals surface area contributed by atoms with Crippen LogP contribution >= 0.6 is 11.3 Å². The van der Waals surface area contributed by atoms with Crippen molar-refractivity contribution in [2.24, 2.45) is 0 Å². The molecule has 4 aromatic rings. The fourth-order valence-corrected chi connectivity index (χ4v) is 5.11. The van der Waals surface area contributed by atoms with Crippen molar-refractivity contribution in [3.05, 3.63) is 64.7 Å². The van der Waals surface area contributed by atoms with Crippen LogP contribution in [0.4, 0.5) is 5.82 Å². The van der Waals surface area contributed by atoms with Crippen molar-refractivity contribution in [3.8, 4) is 0 Å². The van der Waals surface area contributed by atoms with Crippen LogP contribution in [0.2, 0.25) is 0 Å². The van der Waals surface area contributed by atoms with Crippen LogP contribution in [0.1, 0.15) is 5.69 Å². The highest BCUT2D eigenvalue weighted by Crippen LogP contribution is 2.32. The summed E-state index contributed by atoms with van der Waals surface area (Å²) in [5.41, 5.74) is 0.576. The zero-order valence-electron chi connectivity index (χ0n) is 16.6. The van der Waals surface area contributed by atoms with Crippen LogP contribution in [0.3, 0.4) is 0 Å². The van der Waals surface area contributed by atoms with Gasteiger partial charge in [-0.25, -0.2) is 9.67 Å². The average Bonchev–Trinajstić information content (AvgIpc) is 3.18. The highest BCUT2D eigenvalue weighted by molar-refractivity contribution is 7.26. The van der Waals surface area contributed by atoms with E-state index in [-0.39, 0.29) is 18.0 Å². The fraction of sp³-hybridized carbons (Fsp3) is 0.273. The number of nitrogens with zero attached hydrogens (tertiary/aromatic N) is 5. The second kappa shape index (κ2) is 7.53. The number of pyridine rings is 1. The molecular formula is C22H21N5O2S. The Balaban J connectivity index is 1.37. The molecule has 1 saturated heterocycles. The third kappa shape index (κ3) is 3.23. The summed E-state index contributed by atoms with van der Waals surface area (Å²) in [5, 5.41) is 6.03. The lowest BCUT2D eigenvalue weighted by atomic mass is 10.2. The SMILES string of the molecule is Cc1nn(CC(=O)N2CCN(c3ccccn3)CC2)c(=O)c2c1sc1ccccc12. The predicted octanol–water partition coefficient (Wildman–Crippen LogP) is 2.66. The maximum atomic E-state index is 13.1. The van der Waals surface area contributed by atoms with Crippen molar-refractivity contribution < 1.29 is 4.79 Å². The lowest BCUT2D eigenvalue weighted by Crippen LogP contribution is -2.50. The number of aromatic nitrogens is 3. The summed E-state index contributed by atoms with van der Waals surface area (Å²) in [6.45, 7) is 4.50. The Morgan fingerprint density at radius 2 is 1.83 bits per heavy atom. The Kier molecular flexibility index (Phi) is 4.71. The van der Waals surface area contributed by atoms with Crippen LogP contribution < -0.4 is 10.5 Å². The number of piperazine rings is 1. The zero-order chi connectivity index (χ0) is 20.7. The molecule has 0 radical (unpaired) electrons. The Morgan fingerprint density at radius 1 is 1.07 bits per heavy atom. The highest BCUT2D eigenvalue weighted by atomic mass is 32.1. The van der Waals surface area contributed by atoms with Gasteiger partial charge < -0.3 is 9.80 Å². The summed E-state index contributed by atoms with van der Waals surface area (Å²) in [6, 6.07) is 13.7. The van der Waals surface area contributed by atoms with E-state index in [1.54, 1.807) is 22.4 Å². The van der Waals surface area contributed by atoms with E-state index in [0.29, 0.717) is 18.5 Å². The molecule has 4 heterocycles. The van der Waals surface area contributed by atoms with E-state index in [9.17, 15) is 9.59 Å². The van der Waals surface area contributed by atoms with E-state index in [0.717, 1.165) is 39.4 Å².